The molecule has 158 valence electrons. The summed E-state index contributed by atoms with van der Waals surface area (Å²) in [4.78, 5) is 16.4. The quantitative estimate of drug-likeness (QED) is 0.661. The molecule has 2 rings (SSSR count). The molecule has 29 heavy (non-hydrogen) atoms. The minimum Gasteiger partial charge on any atom is -0.340 e. The summed E-state index contributed by atoms with van der Waals surface area (Å²) in [7, 11) is -4.13. The number of nitrogens with one attached hydrogen (secondary N) is 2. The van der Waals surface area contributed by atoms with Gasteiger partial charge in [0.05, 0.1) is 5.54 Å². The van der Waals surface area contributed by atoms with E-state index in [0.29, 0.717) is 5.89 Å². The third kappa shape index (κ3) is 5.27. The van der Waals surface area contributed by atoms with E-state index in [4.69, 9.17) is 4.52 Å². The van der Waals surface area contributed by atoms with Gasteiger partial charge in [-0.2, -0.15) is 4.98 Å². The highest BCUT2D eigenvalue weighted by molar-refractivity contribution is 7.89. The van der Waals surface area contributed by atoms with Crippen molar-refractivity contribution in [1.29, 1.82) is 0 Å². The van der Waals surface area contributed by atoms with Crippen molar-refractivity contribution in [2.24, 2.45) is 0 Å². The average molecular weight is 424 g/mol. The number of aromatic nitrogens is 2. The van der Waals surface area contributed by atoms with Crippen LogP contribution >= 0.6 is 0 Å². The molecular formula is C19H25FN4O4S. The van der Waals surface area contributed by atoms with Crippen molar-refractivity contribution < 1.29 is 22.1 Å². The number of nitrogens with zero attached hydrogens (tertiary/aromatic N) is 2. The molecule has 1 heterocycles. The van der Waals surface area contributed by atoms with Gasteiger partial charge in [-0.25, -0.2) is 17.5 Å². The molecular weight excluding hydrogens is 399 g/mol. The van der Waals surface area contributed by atoms with E-state index in [0.717, 1.165) is 12.1 Å². The minimum atomic E-state index is -4.13. The topological polar surface area (TPSA) is 114 Å². The highest BCUT2D eigenvalue weighted by atomic mass is 32.2. The Bertz CT molecular complexity index is 1020. The van der Waals surface area contributed by atoms with Gasteiger partial charge in [-0.05, 0) is 32.0 Å². The fraction of sp³-hybridized carbons (Fsp3) is 0.421. The maximum atomic E-state index is 14.1. The normalized spacial score (nSPS) is 12.6. The summed E-state index contributed by atoms with van der Waals surface area (Å²) in [6, 6.07) is 3.10. The van der Waals surface area contributed by atoms with Crippen LogP contribution in [-0.2, 0) is 21.0 Å². The summed E-state index contributed by atoms with van der Waals surface area (Å²) in [5, 5.41) is 6.65. The minimum absolute atomic E-state index is 0.0296. The van der Waals surface area contributed by atoms with E-state index < -0.39 is 32.2 Å². The number of amides is 1. The molecule has 0 radical (unpaired) electrons. The molecule has 0 unspecified atom stereocenters. The molecule has 0 aliphatic carbocycles. The molecule has 0 fully saturated rings. The van der Waals surface area contributed by atoms with Crippen molar-refractivity contribution >= 4 is 15.9 Å². The van der Waals surface area contributed by atoms with Gasteiger partial charge < -0.3 is 9.84 Å². The number of halogens is 1. The molecule has 0 aliphatic rings. The molecule has 0 atom stereocenters. The fourth-order valence-electron chi connectivity index (χ4n) is 2.29. The van der Waals surface area contributed by atoms with Gasteiger partial charge in [-0.15, -0.1) is 6.58 Å². The molecule has 0 spiro atoms. The first-order valence-electron chi connectivity index (χ1n) is 8.85. The van der Waals surface area contributed by atoms with Crippen LogP contribution in [0, 0.1) is 5.82 Å². The largest absolute Gasteiger partial charge is 0.340 e. The zero-order valence-electron chi connectivity index (χ0n) is 17.0. The Morgan fingerprint density at radius 3 is 2.48 bits per heavy atom. The van der Waals surface area contributed by atoms with Crippen molar-refractivity contribution in [2.75, 3.05) is 6.54 Å². The Kier molecular flexibility index (Phi) is 6.29. The van der Waals surface area contributed by atoms with Crippen LogP contribution in [0.15, 0.2) is 40.3 Å². The number of carbonyl (C=O) groups excluding carboxylic acids is 1. The van der Waals surface area contributed by atoms with Gasteiger partial charge in [0.25, 0.3) is 5.91 Å². The van der Waals surface area contributed by atoms with Crippen LogP contribution < -0.4 is 10.0 Å². The molecule has 10 heteroatoms. The molecule has 1 aromatic heterocycles. The first-order chi connectivity index (χ1) is 13.3. The molecule has 0 bridgehead atoms. The van der Waals surface area contributed by atoms with Crippen LogP contribution in [-0.4, -0.2) is 31.0 Å². The molecule has 8 nitrogen and oxygen atoms in total. The Morgan fingerprint density at radius 1 is 1.28 bits per heavy atom. The van der Waals surface area contributed by atoms with Crippen LogP contribution in [0.5, 0.6) is 0 Å². The summed E-state index contributed by atoms with van der Waals surface area (Å²) in [6.07, 6.45) is 1.32. The zero-order valence-corrected chi connectivity index (χ0v) is 17.9. The van der Waals surface area contributed by atoms with Crippen molar-refractivity contribution in [3.05, 3.63) is 53.9 Å². The summed E-state index contributed by atoms with van der Waals surface area (Å²) in [5.74, 6) is -0.903. The second-order valence-corrected chi connectivity index (χ2v) is 9.77. The van der Waals surface area contributed by atoms with Gasteiger partial charge in [-0.1, -0.05) is 32.0 Å². The number of carbonyl (C=O) groups is 1. The summed E-state index contributed by atoms with van der Waals surface area (Å²) < 4.78 is 46.0. The third-order valence-corrected chi connectivity index (χ3v) is 5.39. The second-order valence-electron chi connectivity index (χ2n) is 8.04. The Morgan fingerprint density at radius 2 is 1.93 bits per heavy atom. The second kappa shape index (κ2) is 8.03. The highest BCUT2D eigenvalue weighted by Crippen LogP contribution is 2.24. The van der Waals surface area contributed by atoms with Crippen molar-refractivity contribution in [1.82, 2.24) is 20.2 Å². The first kappa shape index (κ1) is 22.7. The van der Waals surface area contributed by atoms with E-state index in [2.05, 4.69) is 26.8 Å². The fourth-order valence-corrected chi connectivity index (χ4v) is 3.39. The van der Waals surface area contributed by atoms with Gasteiger partial charge in [0.2, 0.25) is 15.9 Å². The molecule has 0 saturated heterocycles. The predicted octanol–water partition coefficient (Wildman–Crippen LogP) is 2.64. The average Bonchev–Trinajstić information content (AvgIpc) is 3.11. The van der Waals surface area contributed by atoms with Crippen molar-refractivity contribution in [3.63, 3.8) is 0 Å². The van der Waals surface area contributed by atoms with Gasteiger partial charge in [0, 0.05) is 17.5 Å². The Balaban J connectivity index is 2.29. The molecule has 0 aliphatic heterocycles. The van der Waals surface area contributed by atoms with E-state index in [9.17, 15) is 17.6 Å². The number of hydrogen-bond donors (Lipinski definition) is 2. The number of sulfonamides is 1. The maximum Gasteiger partial charge on any atom is 0.252 e. The van der Waals surface area contributed by atoms with Gasteiger partial charge >= 0.3 is 0 Å². The van der Waals surface area contributed by atoms with Gasteiger partial charge in [-0.3, -0.25) is 4.79 Å². The van der Waals surface area contributed by atoms with Gasteiger partial charge in [0.15, 0.2) is 5.82 Å². The Hall–Kier alpha value is -2.59. The van der Waals surface area contributed by atoms with E-state index >= 15 is 0 Å². The number of benzene rings is 1. The van der Waals surface area contributed by atoms with Crippen molar-refractivity contribution in [3.8, 4) is 0 Å². The summed E-state index contributed by atoms with van der Waals surface area (Å²) in [5.41, 5.74) is -1.40. The number of rotatable bonds is 7. The molecule has 1 aromatic carbocycles. The molecule has 2 N–H and O–H groups in total. The lowest BCUT2D eigenvalue weighted by molar-refractivity contribution is 0.0907. The van der Waals surface area contributed by atoms with Crippen LogP contribution in [0.4, 0.5) is 4.39 Å². The zero-order chi connectivity index (χ0) is 22.0. The lowest BCUT2D eigenvalue weighted by atomic mass is 9.97. The van der Waals surface area contributed by atoms with E-state index in [1.807, 2.05) is 20.8 Å². The van der Waals surface area contributed by atoms with E-state index in [1.54, 1.807) is 13.8 Å². The standard InChI is InChI=1S/C19H25FN4O4S/c1-7-10-21-29(26,27)14-11-12(8-9-13(14)20)15(25)23-19(5,6)16-22-17(28-24-16)18(2,3)4/h7-9,11,21H,1,10H2,2-6H3,(H,23,25). The maximum absolute atomic E-state index is 14.1. The van der Waals surface area contributed by atoms with E-state index in [-0.39, 0.29) is 23.3 Å². The third-order valence-electron chi connectivity index (χ3n) is 3.95. The molecule has 0 saturated carbocycles. The number of hydrogen-bond acceptors (Lipinski definition) is 6. The van der Waals surface area contributed by atoms with Gasteiger partial charge in [0.1, 0.15) is 10.7 Å². The summed E-state index contributed by atoms with van der Waals surface area (Å²) in [6.45, 7) is 12.4. The first-order valence-corrected chi connectivity index (χ1v) is 10.3. The monoisotopic (exact) mass is 424 g/mol. The lowest BCUT2D eigenvalue weighted by Crippen LogP contribution is -2.42. The lowest BCUT2D eigenvalue weighted by Gasteiger charge is -2.22. The van der Waals surface area contributed by atoms with Crippen LogP contribution in [0.2, 0.25) is 0 Å². The summed E-state index contributed by atoms with van der Waals surface area (Å²) >= 11 is 0. The SMILES string of the molecule is C=CCNS(=O)(=O)c1cc(C(=O)NC(C)(C)c2noc(C(C)(C)C)n2)ccc1F. The molecule has 1 amide bonds. The Labute approximate surface area is 169 Å². The van der Waals surface area contributed by atoms with Crippen molar-refractivity contribution in [2.45, 2.75) is 50.5 Å². The van der Waals surface area contributed by atoms with Crippen LogP contribution in [0.1, 0.15) is 56.7 Å². The van der Waals surface area contributed by atoms with Crippen LogP contribution in [0.3, 0.4) is 0 Å². The smallest absolute Gasteiger partial charge is 0.252 e. The predicted molar refractivity (Wildman–Crippen MR) is 105 cm³/mol. The van der Waals surface area contributed by atoms with E-state index in [1.165, 1.54) is 12.1 Å². The molecule has 2 aromatic rings. The van der Waals surface area contributed by atoms with Crippen LogP contribution in [0.25, 0.3) is 0 Å². The highest BCUT2D eigenvalue weighted by Gasteiger charge is 2.32.